The normalized spacial score (nSPS) is 20.4. The van der Waals surface area contributed by atoms with Gasteiger partial charge in [-0.05, 0) is 92.2 Å². The summed E-state index contributed by atoms with van der Waals surface area (Å²) in [7, 11) is 0. The maximum absolute atomic E-state index is 13.7. The second-order valence-corrected chi connectivity index (χ2v) is 11.2. The van der Waals surface area contributed by atoms with Crippen LogP contribution in [-0.4, -0.2) is 20.4 Å². The molecule has 35 heavy (non-hydrogen) atoms. The Morgan fingerprint density at radius 1 is 1.03 bits per heavy atom. The number of pyridine rings is 2. The summed E-state index contributed by atoms with van der Waals surface area (Å²) in [6.07, 6.45) is 5.22. The molecule has 2 aliphatic carbocycles. The molecule has 5 heteroatoms. The minimum atomic E-state index is -1.59. The lowest BCUT2D eigenvalue weighted by Crippen LogP contribution is -2.43. The smallest absolute Gasteiger partial charge is 0.254 e. The van der Waals surface area contributed by atoms with Crippen molar-refractivity contribution < 1.29 is 9.90 Å². The summed E-state index contributed by atoms with van der Waals surface area (Å²) in [4.78, 5) is 31.7. The van der Waals surface area contributed by atoms with Crippen LogP contribution in [0.2, 0.25) is 0 Å². The number of ketones is 1. The van der Waals surface area contributed by atoms with Crippen molar-refractivity contribution in [3.8, 4) is 11.4 Å². The molecule has 3 aromatic rings. The first kappa shape index (κ1) is 22.7. The van der Waals surface area contributed by atoms with E-state index in [0.29, 0.717) is 30.0 Å². The summed E-state index contributed by atoms with van der Waals surface area (Å²) in [5, 5.41) is 12.6. The van der Waals surface area contributed by atoms with Gasteiger partial charge in [-0.15, -0.1) is 0 Å². The summed E-state index contributed by atoms with van der Waals surface area (Å²) in [5.74, 6) is 0.281. The van der Waals surface area contributed by atoms with Gasteiger partial charge in [-0.2, -0.15) is 0 Å². The highest BCUT2D eigenvalue weighted by molar-refractivity contribution is 5.95. The van der Waals surface area contributed by atoms with Gasteiger partial charge in [0.25, 0.3) is 5.56 Å². The van der Waals surface area contributed by atoms with Gasteiger partial charge in [-0.25, -0.2) is 4.98 Å². The number of aliphatic hydroxyl groups is 1. The third-order valence-electron chi connectivity index (χ3n) is 8.89. The second-order valence-electron chi connectivity index (χ2n) is 11.2. The zero-order valence-corrected chi connectivity index (χ0v) is 21.5. The first-order valence-corrected chi connectivity index (χ1v) is 13.2. The molecule has 0 unspecified atom stereocenters. The molecule has 6 rings (SSSR count). The fourth-order valence-corrected chi connectivity index (χ4v) is 6.92. The topological polar surface area (TPSA) is 72.2 Å². The number of nitrogens with zero attached hydrogens (tertiary/aromatic N) is 2. The Bertz CT molecular complexity index is 1510. The predicted molar refractivity (Wildman–Crippen MR) is 138 cm³/mol. The fourth-order valence-electron chi connectivity index (χ4n) is 6.92. The van der Waals surface area contributed by atoms with Crippen molar-refractivity contribution in [3.05, 3.63) is 60.9 Å². The average Bonchev–Trinajstić information content (AvgIpc) is 3.45. The molecule has 182 valence electrons. The van der Waals surface area contributed by atoms with Crippen molar-refractivity contribution in [1.29, 1.82) is 0 Å². The van der Waals surface area contributed by atoms with Crippen LogP contribution in [0.4, 0.5) is 0 Å². The Morgan fingerprint density at radius 3 is 2.49 bits per heavy atom. The molecule has 3 heterocycles. The van der Waals surface area contributed by atoms with Gasteiger partial charge in [0.15, 0.2) is 5.78 Å². The van der Waals surface area contributed by atoms with Gasteiger partial charge in [-0.1, -0.05) is 20.8 Å². The molecule has 1 atom stereocenters. The van der Waals surface area contributed by atoms with E-state index in [1.54, 1.807) is 0 Å². The Balaban J connectivity index is 1.71. The molecule has 2 aromatic heterocycles. The number of carbonyl (C=O) groups is 1. The van der Waals surface area contributed by atoms with E-state index in [-0.39, 0.29) is 24.2 Å². The third kappa shape index (κ3) is 2.94. The lowest BCUT2D eigenvalue weighted by molar-refractivity contribution is -0.140. The standard InChI is InChI=1S/C30H34N2O3/c1-6-30(35)23-13-24-28-22(14-32(24)29(34)20(23)10-11-25(30)33)21(12-15(2)3)26-19-9-7-8-18(19)16(4)17(5)27(26)31-28/h13,15,35H,6-12,14H2,1-5H3/t30-/m0/s1. The Morgan fingerprint density at radius 2 is 1.77 bits per heavy atom. The quantitative estimate of drug-likeness (QED) is 0.465. The van der Waals surface area contributed by atoms with Gasteiger partial charge < -0.3 is 9.67 Å². The summed E-state index contributed by atoms with van der Waals surface area (Å²) in [5.41, 5.74) is 10.1. The molecule has 1 aromatic carbocycles. The van der Waals surface area contributed by atoms with Crippen LogP contribution in [0.5, 0.6) is 0 Å². The van der Waals surface area contributed by atoms with E-state index in [2.05, 4.69) is 27.7 Å². The van der Waals surface area contributed by atoms with Crippen molar-refractivity contribution in [1.82, 2.24) is 9.55 Å². The predicted octanol–water partition coefficient (Wildman–Crippen LogP) is 4.84. The van der Waals surface area contributed by atoms with Crippen LogP contribution >= 0.6 is 0 Å². The van der Waals surface area contributed by atoms with E-state index in [1.807, 2.05) is 17.6 Å². The van der Waals surface area contributed by atoms with Gasteiger partial charge in [0, 0.05) is 28.5 Å². The van der Waals surface area contributed by atoms with Gasteiger partial charge in [0.2, 0.25) is 0 Å². The van der Waals surface area contributed by atoms with E-state index in [9.17, 15) is 14.7 Å². The zero-order valence-electron chi connectivity index (χ0n) is 21.5. The molecule has 0 saturated heterocycles. The van der Waals surface area contributed by atoms with Gasteiger partial charge in [0.05, 0.1) is 23.4 Å². The number of hydrogen-bond acceptors (Lipinski definition) is 4. The van der Waals surface area contributed by atoms with Gasteiger partial charge >= 0.3 is 0 Å². The number of aryl methyl sites for hydroxylation is 2. The minimum absolute atomic E-state index is 0.0763. The van der Waals surface area contributed by atoms with E-state index >= 15 is 0 Å². The van der Waals surface area contributed by atoms with Crippen LogP contribution < -0.4 is 5.56 Å². The number of carbonyl (C=O) groups excluding carboxylic acids is 1. The number of fused-ring (bicyclic) bond motifs is 7. The largest absolute Gasteiger partial charge is 0.377 e. The molecular weight excluding hydrogens is 436 g/mol. The lowest BCUT2D eigenvalue weighted by atomic mass is 9.77. The van der Waals surface area contributed by atoms with Gasteiger partial charge in [-0.3, -0.25) is 9.59 Å². The average molecular weight is 471 g/mol. The summed E-state index contributed by atoms with van der Waals surface area (Å²) in [6.45, 7) is 11.2. The zero-order chi connectivity index (χ0) is 24.8. The lowest BCUT2D eigenvalue weighted by Gasteiger charge is -2.32. The molecule has 0 saturated carbocycles. The highest BCUT2D eigenvalue weighted by Gasteiger charge is 2.43. The molecule has 0 spiro atoms. The maximum atomic E-state index is 13.7. The van der Waals surface area contributed by atoms with Crippen molar-refractivity contribution in [2.45, 2.75) is 91.7 Å². The van der Waals surface area contributed by atoms with E-state index in [1.165, 1.54) is 39.6 Å². The van der Waals surface area contributed by atoms with E-state index in [4.69, 9.17) is 4.98 Å². The van der Waals surface area contributed by atoms with Crippen LogP contribution in [0.25, 0.3) is 22.3 Å². The highest BCUT2D eigenvalue weighted by atomic mass is 16.3. The third-order valence-corrected chi connectivity index (χ3v) is 8.89. The molecular formula is C30H34N2O3. The van der Waals surface area contributed by atoms with Crippen LogP contribution in [0, 0.1) is 19.8 Å². The van der Waals surface area contributed by atoms with Crippen molar-refractivity contribution >= 4 is 16.7 Å². The maximum Gasteiger partial charge on any atom is 0.254 e. The van der Waals surface area contributed by atoms with Crippen LogP contribution in [-0.2, 0) is 42.6 Å². The minimum Gasteiger partial charge on any atom is -0.377 e. The Kier molecular flexibility index (Phi) is 4.92. The highest BCUT2D eigenvalue weighted by Crippen LogP contribution is 2.44. The van der Waals surface area contributed by atoms with Crippen LogP contribution in [0.3, 0.4) is 0 Å². The first-order chi connectivity index (χ1) is 16.7. The number of hydrogen-bond donors (Lipinski definition) is 1. The van der Waals surface area contributed by atoms with Crippen molar-refractivity contribution in [2.75, 3.05) is 0 Å². The SMILES string of the molecule is CC[C@@]1(O)C(=O)CCc2c1cc1n(c2=O)Cc2c-1nc1c(C)c(C)c3c(c1c2CC(C)C)CCC3. The molecule has 0 amide bonds. The summed E-state index contributed by atoms with van der Waals surface area (Å²) < 4.78 is 1.84. The number of benzene rings is 1. The second kappa shape index (κ2) is 7.60. The fraction of sp³-hybridized carbons (Fsp3) is 0.500. The Labute approximate surface area is 206 Å². The number of aromatic nitrogens is 2. The van der Waals surface area contributed by atoms with E-state index < -0.39 is 5.60 Å². The molecule has 1 N–H and O–H groups in total. The molecule has 0 bridgehead atoms. The van der Waals surface area contributed by atoms with Crippen LogP contribution in [0.1, 0.15) is 84.5 Å². The number of rotatable bonds is 3. The molecule has 0 fully saturated rings. The summed E-state index contributed by atoms with van der Waals surface area (Å²) >= 11 is 0. The first-order valence-electron chi connectivity index (χ1n) is 13.2. The molecule has 5 nitrogen and oxygen atoms in total. The van der Waals surface area contributed by atoms with Gasteiger partial charge in [0.1, 0.15) is 5.60 Å². The molecule has 1 aliphatic heterocycles. The molecule has 3 aliphatic rings. The monoisotopic (exact) mass is 470 g/mol. The van der Waals surface area contributed by atoms with E-state index in [0.717, 1.165) is 41.7 Å². The van der Waals surface area contributed by atoms with Crippen molar-refractivity contribution in [3.63, 3.8) is 0 Å². The van der Waals surface area contributed by atoms with Crippen molar-refractivity contribution in [2.24, 2.45) is 5.92 Å². The number of Topliss-reactive ketones (excluding diaryl/α,β-unsaturated/α-hetero) is 1. The Hall–Kier alpha value is -2.79. The summed E-state index contributed by atoms with van der Waals surface area (Å²) in [6, 6.07) is 1.90. The molecule has 0 radical (unpaired) electrons. The van der Waals surface area contributed by atoms with Crippen LogP contribution in [0.15, 0.2) is 10.9 Å².